The summed E-state index contributed by atoms with van der Waals surface area (Å²) in [6.07, 6.45) is 1.93. The Labute approximate surface area is 235 Å². The van der Waals surface area contributed by atoms with Crippen LogP contribution in [0.3, 0.4) is 0 Å². The van der Waals surface area contributed by atoms with E-state index in [-0.39, 0.29) is 16.6 Å². The summed E-state index contributed by atoms with van der Waals surface area (Å²) in [5.74, 6) is 0.546. The fourth-order valence-electron chi connectivity index (χ4n) is 5.37. The van der Waals surface area contributed by atoms with Gasteiger partial charge in [0.15, 0.2) is 5.58 Å². The summed E-state index contributed by atoms with van der Waals surface area (Å²) in [5, 5.41) is 11.6. The molecule has 2 heterocycles. The van der Waals surface area contributed by atoms with Crippen molar-refractivity contribution in [3.63, 3.8) is 0 Å². The van der Waals surface area contributed by atoms with Gasteiger partial charge in [-0.1, -0.05) is 84.0 Å². The number of fused-ring (bicyclic) bond motifs is 2. The highest BCUT2D eigenvalue weighted by atomic mass is 16.3. The third-order valence-electron chi connectivity index (χ3n) is 7.56. The van der Waals surface area contributed by atoms with Gasteiger partial charge in [-0.3, -0.25) is 4.98 Å². The Morgan fingerprint density at radius 2 is 1.35 bits per heavy atom. The first-order valence-electron chi connectivity index (χ1n) is 13.7. The van der Waals surface area contributed by atoms with Crippen molar-refractivity contribution in [3.05, 3.63) is 102 Å². The summed E-state index contributed by atoms with van der Waals surface area (Å²) in [7, 11) is 0. The minimum Gasteiger partial charge on any atom is -0.507 e. The zero-order valence-electron chi connectivity index (χ0n) is 23.9. The van der Waals surface area contributed by atoms with E-state index in [4.69, 9.17) is 14.4 Å². The maximum Gasteiger partial charge on any atom is 0.231 e. The van der Waals surface area contributed by atoms with E-state index in [0.29, 0.717) is 17.0 Å². The van der Waals surface area contributed by atoms with Gasteiger partial charge in [0, 0.05) is 22.7 Å². The molecule has 6 rings (SSSR count). The van der Waals surface area contributed by atoms with Crippen molar-refractivity contribution in [3.8, 4) is 39.5 Å². The van der Waals surface area contributed by atoms with Crippen LogP contribution in [-0.2, 0) is 10.8 Å². The van der Waals surface area contributed by atoms with E-state index in [9.17, 15) is 5.11 Å². The number of para-hydroxylation sites is 2. The predicted octanol–water partition coefficient (Wildman–Crippen LogP) is 9.68. The Morgan fingerprint density at radius 3 is 2.08 bits per heavy atom. The lowest BCUT2D eigenvalue weighted by Gasteiger charge is -2.25. The monoisotopic (exact) mass is 526 g/mol. The van der Waals surface area contributed by atoms with Crippen molar-refractivity contribution in [2.24, 2.45) is 0 Å². The molecule has 0 aliphatic heterocycles. The van der Waals surface area contributed by atoms with E-state index in [1.165, 1.54) is 16.5 Å². The van der Waals surface area contributed by atoms with Crippen molar-refractivity contribution in [1.29, 1.82) is 0 Å². The molecule has 0 fully saturated rings. The van der Waals surface area contributed by atoms with Gasteiger partial charge in [-0.05, 0) is 75.5 Å². The van der Waals surface area contributed by atoms with Gasteiger partial charge in [-0.25, -0.2) is 4.98 Å². The minimum absolute atomic E-state index is 0.00962. The number of aromatic hydroxyl groups is 1. The third-order valence-corrected chi connectivity index (χ3v) is 7.56. The summed E-state index contributed by atoms with van der Waals surface area (Å²) < 4.78 is 6.09. The van der Waals surface area contributed by atoms with Crippen molar-refractivity contribution < 1.29 is 9.52 Å². The van der Waals surface area contributed by atoms with E-state index in [2.05, 4.69) is 90.1 Å². The Morgan fingerprint density at radius 1 is 0.650 bits per heavy atom. The molecule has 0 bridgehead atoms. The van der Waals surface area contributed by atoms with Crippen LogP contribution in [0.5, 0.6) is 5.75 Å². The number of phenols is 1. The summed E-state index contributed by atoms with van der Waals surface area (Å²) >= 11 is 0. The molecule has 0 unspecified atom stereocenters. The van der Waals surface area contributed by atoms with Gasteiger partial charge in [0.2, 0.25) is 5.89 Å². The van der Waals surface area contributed by atoms with Gasteiger partial charge in [-0.15, -0.1) is 0 Å². The summed E-state index contributed by atoms with van der Waals surface area (Å²) in [4.78, 5) is 9.72. The minimum atomic E-state index is -0.0166. The molecule has 4 aromatic carbocycles. The fraction of sp³-hybridized carbons (Fsp3) is 0.222. The molecular weight excluding hydrogens is 492 g/mol. The largest absolute Gasteiger partial charge is 0.507 e. The normalized spacial score (nSPS) is 12.3. The fourth-order valence-corrected chi connectivity index (χ4v) is 5.37. The third kappa shape index (κ3) is 4.54. The zero-order valence-corrected chi connectivity index (χ0v) is 23.9. The second-order valence-corrected chi connectivity index (χ2v) is 12.5. The average molecular weight is 527 g/mol. The first-order chi connectivity index (χ1) is 19.0. The first kappa shape index (κ1) is 25.8. The van der Waals surface area contributed by atoms with Crippen molar-refractivity contribution in [1.82, 2.24) is 9.97 Å². The Hall–Kier alpha value is -4.44. The maximum atomic E-state index is 10.4. The smallest absolute Gasteiger partial charge is 0.231 e. The van der Waals surface area contributed by atoms with Crippen molar-refractivity contribution >= 4 is 22.0 Å². The van der Waals surface area contributed by atoms with E-state index >= 15 is 0 Å². The van der Waals surface area contributed by atoms with Gasteiger partial charge in [0.1, 0.15) is 11.3 Å². The van der Waals surface area contributed by atoms with Crippen LogP contribution < -0.4 is 0 Å². The lowest BCUT2D eigenvalue weighted by molar-refractivity contribution is 0.474. The van der Waals surface area contributed by atoms with Crippen LogP contribution in [-0.4, -0.2) is 15.1 Å². The van der Waals surface area contributed by atoms with Crippen LogP contribution >= 0.6 is 0 Å². The van der Waals surface area contributed by atoms with Crippen LogP contribution in [0.4, 0.5) is 0 Å². The van der Waals surface area contributed by atoms with Gasteiger partial charge in [-0.2, -0.15) is 0 Å². The maximum absolute atomic E-state index is 10.4. The highest BCUT2D eigenvalue weighted by molar-refractivity contribution is 5.98. The molecule has 0 aliphatic carbocycles. The molecule has 6 aromatic rings. The van der Waals surface area contributed by atoms with Crippen LogP contribution in [0.2, 0.25) is 0 Å². The average Bonchev–Trinajstić information content (AvgIpc) is 3.35. The number of hydrogen-bond donors (Lipinski definition) is 1. The topological polar surface area (TPSA) is 59.2 Å². The van der Waals surface area contributed by atoms with Crippen molar-refractivity contribution in [2.75, 3.05) is 0 Å². The SMILES string of the molecule is CC(C)(C)c1cc(-c2cccc(-c3cccc4oc(-c5ccccc5O)nc34)c2)c2nccc(C(C)(C)C)c2c1. The van der Waals surface area contributed by atoms with E-state index < -0.39 is 0 Å². The molecule has 0 radical (unpaired) electrons. The molecule has 4 heteroatoms. The number of nitrogens with zero attached hydrogens (tertiary/aromatic N) is 2. The summed E-state index contributed by atoms with van der Waals surface area (Å²) in [6, 6.07) is 28.4. The number of aromatic nitrogens is 2. The van der Waals surface area contributed by atoms with Crippen LogP contribution in [0.1, 0.15) is 52.7 Å². The van der Waals surface area contributed by atoms with Crippen LogP contribution in [0, 0.1) is 0 Å². The molecule has 200 valence electrons. The summed E-state index contributed by atoms with van der Waals surface area (Å²) in [6.45, 7) is 13.5. The summed E-state index contributed by atoms with van der Waals surface area (Å²) in [5.41, 5.74) is 9.83. The molecule has 0 saturated carbocycles. The lowest BCUT2D eigenvalue weighted by atomic mass is 9.80. The molecule has 0 saturated heterocycles. The van der Waals surface area contributed by atoms with Crippen LogP contribution in [0.15, 0.2) is 95.5 Å². The number of phenolic OH excluding ortho intramolecular Hbond substituents is 1. The van der Waals surface area contributed by atoms with Gasteiger partial charge >= 0.3 is 0 Å². The number of pyridine rings is 1. The molecule has 0 atom stereocenters. The molecular formula is C36H34N2O2. The quantitative estimate of drug-likeness (QED) is 0.249. The second-order valence-electron chi connectivity index (χ2n) is 12.5. The Balaban J connectivity index is 1.55. The molecule has 0 spiro atoms. The molecule has 1 N–H and O–H groups in total. The highest BCUT2D eigenvalue weighted by Gasteiger charge is 2.23. The molecule has 0 amide bonds. The number of hydrogen-bond acceptors (Lipinski definition) is 4. The lowest BCUT2D eigenvalue weighted by Crippen LogP contribution is -2.15. The first-order valence-corrected chi connectivity index (χ1v) is 13.7. The standard InChI is InChI=1S/C36H34N2O2/c1-35(2,3)24-20-27(32-28(21-24)29(17-18-37-32)36(4,5)6)23-12-9-11-22(19-23)25-14-10-16-31-33(25)38-34(40-31)26-13-7-8-15-30(26)39/h7-21,39H,1-6H3. The molecule has 0 aliphatic rings. The number of oxazole rings is 1. The zero-order chi connectivity index (χ0) is 28.2. The van der Waals surface area contributed by atoms with E-state index in [1.54, 1.807) is 12.1 Å². The van der Waals surface area contributed by atoms with Gasteiger partial charge in [0.25, 0.3) is 0 Å². The number of rotatable bonds is 3. The van der Waals surface area contributed by atoms with E-state index in [1.807, 2.05) is 30.5 Å². The second kappa shape index (κ2) is 9.34. The number of benzene rings is 4. The molecule has 2 aromatic heterocycles. The predicted molar refractivity (Wildman–Crippen MR) is 165 cm³/mol. The Kier molecular flexibility index (Phi) is 6.03. The van der Waals surface area contributed by atoms with Crippen LogP contribution in [0.25, 0.3) is 55.7 Å². The van der Waals surface area contributed by atoms with E-state index in [0.717, 1.165) is 33.3 Å². The molecule has 4 nitrogen and oxygen atoms in total. The molecule has 40 heavy (non-hydrogen) atoms. The van der Waals surface area contributed by atoms with Gasteiger partial charge < -0.3 is 9.52 Å². The van der Waals surface area contributed by atoms with Gasteiger partial charge in [0.05, 0.1) is 11.1 Å². The Bertz CT molecular complexity index is 1880. The van der Waals surface area contributed by atoms with Crippen molar-refractivity contribution in [2.45, 2.75) is 52.4 Å². The highest BCUT2D eigenvalue weighted by Crippen LogP contribution is 2.40.